The molecule has 43 heavy (non-hydrogen) atoms. The van der Waals surface area contributed by atoms with E-state index in [4.69, 9.17) is 9.47 Å². The minimum Gasteiger partial charge on any atom is -0.394 e. The normalized spacial score (nSPS) is 35.3. The SMILES string of the molecule is Cc1cc(/C=C/CCN2CCCC3(CCNCC3)C2)ccc1CC1C(O[C@@H]2O[C@H](CO)[C@@H](O)[C@H](O)[C@H]2O)NNC1C(C)C. The zero-order chi connectivity index (χ0) is 30.6. The first kappa shape index (κ1) is 32.9. The van der Waals surface area contributed by atoms with E-state index in [0.29, 0.717) is 11.3 Å². The summed E-state index contributed by atoms with van der Waals surface area (Å²) in [5.41, 5.74) is 10.7. The zero-order valence-corrected chi connectivity index (χ0v) is 26.1. The minimum absolute atomic E-state index is 0.0141. The molecule has 5 rings (SSSR count). The number of hydrogen-bond donors (Lipinski definition) is 7. The Morgan fingerprint density at radius 2 is 1.88 bits per heavy atom. The van der Waals surface area contributed by atoms with Gasteiger partial charge in [0.15, 0.2) is 6.29 Å². The van der Waals surface area contributed by atoms with E-state index in [1.807, 2.05) is 0 Å². The van der Waals surface area contributed by atoms with Crippen LogP contribution in [0.1, 0.15) is 62.6 Å². The molecule has 1 spiro atoms. The highest BCUT2D eigenvalue weighted by molar-refractivity contribution is 5.51. The van der Waals surface area contributed by atoms with Crippen molar-refractivity contribution < 1.29 is 29.9 Å². The quantitative estimate of drug-likeness (QED) is 0.210. The molecular formula is C33H54N4O6. The maximum absolute atomic E-state index is 10.5. The van der Waals surface area contributed by atoms with E-state index in [0.717, 1.165) is 19.4 Å². The highest BCUT2D eigenvalue weighted by Gasteiger charge is 2.47. The van der Waals surface area contributed by atoms with E-state index in [9.17, 15) is 20.4 Å². The summed E-state index contributed by atoms with van der Waals surface area (Å²) >= 11 is 0. The number of nitrogens with zero attached hydrogens (tertiary/aromatic N) is 1. The standard InChI is InChI=1S/C33H54N4O6/c1-21(2)27-25(31(36-35-27)43-32-30(41)29(40)28(39)26(19-38)42-32)18-24-9-8-23(17-22(24)3)7-4-5-15-37-16-6-10-33(20-37)11-13-34-14-12-33/h4,7-9,17,21,25-32,34-36,38-41H,5-6,10-16,18-20H2,1-3H3/b7-4+/t25?,26-,27?,28-,29+,30-,31?,32+/m1/s1. The Hall–Kier alpha value is -1.44. The topological polar surface area (TPSA) is 139 Å². The third kappa shape index (κ3) is 7.87. The van der Waals surface area contributed by atoms with Crippen LogP contribution in [-0.2, 0) is 15.9 Å². The Balaban J connectivity index is 1.17. The van der Waals surface area contributed by atoms with Crippen molar-refractivity contribution >= 4 is 6.08 Å². The highest BCUT2D eigenvalue weighted by atomic mass is 16.7. The molecule has 10 heteroatoms. The molecule has 0 saturated carbocycles. The van der Waals surface area contributed by atoms with E-state index in [2.05, 4.69) is 72.2 Å². The van der Waals surface area contributed by atoms with Gasteiger partial charge >= 0.3 is 0 Å². The van der Waals surface area contributed by atoms with Crippen LogP contribution in [0.2, 0.25) is 0 Å². The van der Waals surface area contributed by atoms with Crippen molar-refractivity contribution in [3.05, 3.63) is 41.0 Å². The third-order valence-electron chi connectivity index (χ3n) is 10.2. The molecule has 10 nitrogen and oxygen atoms in total. The van der Waals surface area contributed by atoms with Gasteiger partial charge in [-0.05, 0) is 93.1 Å². The van der Waals surface area contributed by atoms with Crippen molar-refractivity contribution in [1.29, 1.82) is 0 Å². The first-order chi connectivity index (χ1) is 20.7. The Kier molecular flexibility index (Phi) is 11.3. The molecule has 4 aliphatic heterocycles. The number of nitrogens with one attached hydrogen (secondary N) is 3. The van der Waals surface area contributed by atoms with Gasteiger partial charge in [0.05, 0.1) is 6.61 Å². The van der Waals surface area contributed by atoms with Crippen LogP contribution in [0.25, 0.3) is 6.08 Å². The Bertz CT molecular complexity index is 1060. The number of rotatable bonds is 10. The second kappa shape index (κ2) is 14.8. The van der Waals surface area contributed by atoms with Crippen LogP contribution in [0.5, 0.6) is 0 Å². The fourth-order valence-electron chi connectivity index (χ4n) is 7.58. The number of benzene rings is 1. The molecule has 4 aliphatic rings. The van der Waals surface area contributed by atoms with Crippen molar-refractivity contribution in [2.24, 2.45) is 17.3 Å². The summed E-state index contributed by atoms with van der Waals surface area (Å²) in [5.74, 6) is 0.327. The summed E-state index contributed by atoms with van der Waals surface area (Å²) < 4.78 is 11.8. The molecule has 1 aromatic rings. The van der Waals surface area contributed by atoms with Gasteiger partial charge in [0.2, 0.25) is 0 Å². The molecule has 0 aromatic heterocycles. The zero-order valence-electron chi connectivity index (χ0n) is 26.1. The Morgan fingerprint density at radius 1 is 1.09 bits per heavy atom. The molecule has 4 saturated heterocycles. The van der Waals surface area contributed by atoms with Gasteiger partial charge < -0.3 is 40.1 Å². The number of ether oxygens (including phenoxy) is 2. The number of piperidine rings is 2. The number of hydrogen-bond acceptors (Lipinski definition) is 10. The number of hydrazine groups is 1. The second-order valence-electron chi connectivity index (χ2n) is 13.7. The van der Waals surface area contributed by atoms with Gasteiger partial charge in [-0.2, -0.15) is 0 Å². The van der Waals surface area contributed by atoms with Gasteiger partial charge in [-0.1, -0.05) is 44.2 Å². The van der Waals surface area contributed by atoms with Crippen LogP contribution in [-0.4, -0.2) is 108 Å². The molecule has 3 unspecified atom stereocenters. The summed E-state index contributed by atoms with van der Waals surface area (Å²) in [7, 11) is 0. The highest BCUT2D eigenvalue weighted by Crippen LogP contribution is 2.38. The van der Waals surface area contributed by atoms with Crippen molar-refractivity contribution in [3.8, 4) is 0 Å². The molecule has 7 N–H and O–H groups in total. The summed E-state index contributed by atoms with van der Waals surface area (Å²) in [6, 6.07) is 6.72. The van der Waals surface area contributed by atoms with E-state index >= 15 is 0 Å². The van der Waals surface area contributed by atoms with Crippen LogP contribution < -0.4 is 16.2 Å². The molecule has 0 amide bonds. The first-order valence-electron chi connectivity index (χ1n) is 16.4. The molecule has 8 atom stereocenters. The third-order valence-corrected chi connectivity index (χ3v) is 10.2. The molecule has 242 valence electrons. The smallest absolute Gasteiger partial charge is 0.188 e. The molecule has 4 fully saturated rings. The average molecular weight is 603 g/mol. The van der Waals surface area contributed by atoms with Crippen LogP contribution in [0.3, 0.4) is 0 Å². The Morgan fingerprint density at radius 3 is 2.60 bits per heavy atom. The minimum atomic E-state index is -1.47. The van der Waals surface area contributed by atoms with Crippen LogP contribution in [0.4, 0.5) is 0 Å². The number of aryl methyl sites for hydroxylation is 1. The van der Waals surface area contributed by atoms with Gasteiger partial charge in [0.1, 0.15) is 30.6 Å². The molecular weight excluding hydrogens is 548 g/mol. The largest absolute Gasteiger partial charge is 0.394 e. The predicted molar refractivity (Wildman–Crippen MR) is 166 cm³/mol. The van der Waals surface area contributed by atoms with Gasteiger partial charge in [0.25, 0.3) is 0 Å². The monoisotopic (exact) mass is 602 g/mol. The fraction of sp³-hybridized carbons (Fsp3) is 0.758. The lowest BCUT2D eigenvalue weighted by atomic mass is 9.73. The summed E-state index contributed by atoms with van der Waals surface area (Å²) in [6.45, 7) is 11.9. The molecule has 0 radical (unpaired) electrons. The van der Waals surface area contributed by atoms with E-state index in [-0.39, 0.29) is 12.0 Å². The van der Waals surface area contributed by atoms with E-state index in [1.54, 1.807) is 0 Å². The summed E-state index contributed by atoms with van der Waals surface area (Å²) in [4.78, 5) is 2.67. The maximum Gasteiger partial charge on any atom is 0.188 e. The molecule has 0 aliphatic carbocycles. The van der Waals surface area contributed by atoms with Gasteiger partial charge in [0, 0.05) is 25.0 Å². The second-order valence-corrected chi connectivity index (χ2v) is 13.7. The van der Waals surface area contributed by atoms with E-state index in [1.165, 1.54) is 68.6 Å². The Labute approximate surface area is 256 Å². The van der Waals surface area contributed by atoms with Crippen molar-refractivity contribution in [2.75, 3.05) is 39.3 Å². The summed E-state index contributed by atoms with van der Waals surface area (Å²) in [5, 5.41) is 44.0. The predicted octanol–water partition coefficient (Wildman–Crippen LogP) is 1.30. The molecule has 4 heterocycles. The lowest BCUT2D eigenvalue weighted by Gasteiger charge is -2.45. The van der Waals surface area contributed by atoms with Crippen LogP contribution in [0.15, 0.2) is 24.3 Å². The van der Waals surface area contributed by atoms with Crippen molar-refractivity contribution in [2.45, 2.75) is 102 Å². The number of likely N-dealkylation sites (tertiary alicyclic amines) is 1. The first-order valence-corrected chi connectivity index (χ1v) is 16.4. The number of aliphatic hydroxyl groups excluding tert-OH is 4. The van der Waals surface area contributed by atoms with Crippen LogP contribution in [0, 0.1) is 24.2 Å². The number of aliphatic hydroxyl groups is 4. The lowest BCUT2D eigenvalue weighted by molar-refractivity contribution is -0.315. The molecule has 0 bridgehead atoms. The lowest BCUT2D eigenvalue weighted by Crippen LogP contribution is -2.60. The van der Waals surface area contributed by atoms with Gasteiger partial charge in [-0.15, -0.1) is 0 Å². The van der Waals surface area contributed by atoms with Gasteiger partial charge in [-0.25, -0.2) is 5.43 Å². The molecule has 1 aromatic carbocycles. The van der Waals surface area contributed by atoms with E-state index < -0.39 is 43.5 Å². The average Bonchev–Trinajstić information content (AvgIpc) is 3.39. The fourth-order valence-corrected chi connectivity index (χ4v) is 7.58. The van der Waals surface area contributed by atoms with Crippen molar-refractivity contribution in [3.63, 3.8) is 0 Å². The summed E-state index contributed by atoms with van der Waals surface area (Å²) in [6.07, 6.45) is 4.65. The van der Waals surface area contributed by atoms with Gasteiger partial charge in [-0.3, -0.25) is 5.43 Å². The maximum atomic E-state index is 10.5. The van der Waals surface area contributed by atoms with Crippen LogP contribution >= 0.6 is 0 Å². The van der Waals surface area contributed by atoms with Crippen molar-refractivity contribution in [1.82, 2.24) is 21.1 Å².